The Labute approximate surface area is 161 Å². The van der Waals surface area contributed by atoms with Crippen molar-refractivity contribution in [2.75, 3.05) is 6.26 Å². The summed E-state index contributed by atoms with van der Waals surface area (Å²) in [7, 11) is 0. The zero-order chi connectivity index (χ0) is 19.2. The fourth-order valence-corrected chi connectivity index (χ4v) is 3.12. The number of benzene rings is 2. The first-order valence-electron chi connectivity index (χ1n) is 8.34. The zero-order valence-electron chi connectivity index (χ0n) is 15.0. The molecule has 0 bridgehead atoms. The SMILES string of the molecule is CSc1nnc(CNC(=O)C=Cc2cccc(F)c2)n1-c1ccccc1C. The molecule has 1 N–H and O–H groups in total. The number of hydrogen-bond acceptors (Lipinski definition) is 4. The molecule has 0 fully saturated rings. The number of hydrogen-bond donors (Lipinski definition) is 1. The number of aryl methyl sites for hydroxylation is 1. The Balaban J connectivity index is 1.74. The van der Waals surface area contributed by atoms with Gasteiger partial charge in [-0.2, -0.15) is 0 Å². The van der Waals surface area contributed by atoms with Crippen molar-refractivity contribution in [1.29, 1.82) is 0 Å². The second kappa shape index (κ2) is 8.64. The molecule has 7 heteroatoms. The molecule has 0 aliphatic carbocycles. The van der Waals surface area contributed by atoms with Crippen molar-refractivity contribution in [3.8, 4) is 5.69 Å². The Kier molecular flexibility index (Phi) is 6.03. The molecule has 138 valence electrons. The van der Waals surface area contributed by atoms with Gasteiger partial charge in [-0.15, -0.1) is 10.2 Å². The van der Waals surface area contributed by atoms with Gasteiger partial charge in [0.25, 0.3) is 0 Å². The number of nitrogens with zero attached hydrogens (tertiary/aromatic N) is 3. The Morgan fingerprint density at radius 1 is 1.22 bits per heavy atom. The van der Waals surface area contributed by atoms with Gasteiger partial charge in [-0.05, 0) is 48.6 Å². The van der Waals surface area contributed by atoms with Crippen LogP contribution in [-0.4, -0.2) is 26.9 Å². The van der Waals surface area contributed by atoms with Crippen LogP contribution in [0, 0.1) is 12.7 Å². The highest BCUT2D eigenvalue weighted by Crippen LogP contribution is 2.22. The van der Waals surface area contributed by atoms with E-state index in [1.54, 1.807) is 18.2 Å². The van der Waals surface area contributed by atoms with Gasteiger partial charge in [-0.3, -0.25) is 9.36 Å². The monoisotopic (exact) mass is 382 g/mol. The van der Waals surface area contributed by atoms with Crippen LogP contribution in [0.5, 0.6) is 0 Å². The highest BCUT2D eigenvalue weighted by Gasteiger charge is 2.15. The second-order valence-corrected chi connectivity index (χ2v) is 6.60. The molecule has 0 aliphatic rings. The third-order valence-electron chi connectivity index (χ3n) is 3.94. The van der Waals surface area contributed by atoms with E-state index in [4.69, 9.17) is 0 Å². The number of carbonyl (C=O) groups excluding carboxylic acids is 1. The van der Waals surface area contributed by atoms with E-state index < -0.39 is 0 Å². The summed E-state index contributed by atoms with van der Waals surface area (Å²) in [6, 6.07) is 14.0. The van der Waals surface area contributed by atoms with Crippen LogP contribution >= 0.6 is 11.8 Å². The first-order valence-corrected chi connectivity index (χ1v) is 9.56. The molecule has 2 aromatic carbocycles. The Hall–Kier alpha value is -2.93. The van der Waals surface area contributed by atoms with Gasteiger partial charge in [0.2, 0.25) is 5.91 Å². The second-order valence-electron chi connectivity index (χ2n) is 5.83. The average Bonchev–Trinajstić information content (AvgIpc) is 3.08. The maximum Gasteiger partial charge on any atom is 0.244 e. The summed E-state index contributed by atoms with van der Waals surface area (Å²) in [5, 5.41) is 12.0. The van der Waals surface area contributed by atoms with Gasteiger partial charge in [0.1, 0.15) is 5.82 Å². The quantitative estimate of drug-likeness (QED) is 0.521. The third kappa shape index (κ3) is 4.62. The van der Waals surface area contributed by atoms with Crippen LogP contribution in [0.15, 0.2) is 59.8 Å². The molecule has 27 heavy (non-hydrogen) atoms. The summed E-state index contributed by atoms with van der Waals surface area (Å²) in [4.78, 5) is 12.1. The highest BCUT2D eigenvalue weighted by molar-refractivity contribution is 7.98. The molecule has 0 radical (unpaired) electrons. The van der Waals surface area contributed by atoms with E-state index in [0.29, 0.717) is 11.4 Å². The van der Waals surface area contributed by atoms with Crippen LogP contribution in [0.4, 0.5) is 4.39 Å². The Morgan fingerprint density at radius 2 is 2.04 bits per heavy atom. The van der Waals surface area contributed by atoms with E-state index in [2.05, 4.69) is 15.5 Å². The van der Waals surface area contributed by atoms with Gasteiger partial charge in [-0.1, -0.05) is 42.1 Å². The molecule has 0 saturated carbocycles. The molecule has 0 spiro atoms. The van der Waals surface area contributed by atoms with Gasteiger partial charge in [-0.25, -0.2) is 4.39 Å². The summed E-state index contributed by atoms with van der Waals surface area (Å²) in [6.07, 6.45) is 4.87. The number of para-hydroxylation sites is 1. The Bertz CT molecular complexity index is 984. The van der Waals surface area contributed by atoms with E-state index in [-0.39, 0.29) is 18.3 Å². The van der Waals surface area contributed by atoms with Crippen molar-refractivity contribution >= 4 is 23.7 Å². The van der Waals surface area contributed by atoms with Gasteiger partial charge in [0.05, 0.1) is 12.2 Å². The molecule has 3 aromatic rings. The largest absolute Gasteiger partial charge is 0.345 e. The number of aromatic nitrogens is 3. The van der Waals surface area contributed by atoms with E-state index in [0.717, 1.165) is 16.4 Å². The number of halogens is 1. The molecule has 1 amide bonds. The molecule has 0 unspecified atom stereocenters. The lowest BCUT2D eigenvalue weighted by atomic mass is 10.2. The van der Waals surface area contributed by atoms with Crippen LogP contribution in [0.3, 0.4) is 0 Å². The number of amides is 1. The van der Waals surface area contributed by atoms with Gasteiger partial charge < -0.3 is 5.32 Å². The number of carbonyl (C=O) groups is 1. The summed E-state index contributed by atoms with van der Waals surface area (Å²) in [6.45, 7) is 2.25. The van der Waals surface area contributed by atoms with Crippen LogP contribution in [0.1, 0.15) is 17.0 Å². The van der Waals surface area contributed by atoms with E-state index in [1.165, 1.54) is 30.0 Å². The lowest BCUT2D eigenvalue weighted by Crippen LogP contribution is -2.22. The number of thioether (sulfide) groups is 1. The van der Waals surface area contributed by atoms with Gasteiger partial charge in [0.15, 0.2) is 11.0 Å². The average molecular weight is 382 g/mol. The van der Waals surface area contributed by atoms with Crippen LogP contribution < -0.4 is 5.32 Å². The third-order valence-corrected chi connectivity index (χ3v) is 4.57. The fraction of sp³-hybridized carbons (Fsp3) is 0.150. The highest BCUT2D eigenvalue weighted by atomic mass is 32.2. The molecule has 1 heterocycles. The minimum absolute atomic E-state index is 0.230. The molecule has 0 atom stereocenters. The van der Waals surface area contributed by atoms with E-state index in [9.17, 15) is 9.18 Å². The zero-order valence-corrected chi connectivity index (χ0v) is 15.8. The molecule has 1 aromatic heterocycles. The first-order chi connectivity index (χ1) is 13.1. The van der Waals surface area contributed by atoms with E-state index >= 15 is 0 Å². The minimum atomic E-state index is -0.339. The van der Waals surface area contributed by atoms with Crippen molar-refractivity contribution in [2.24, 2.45) is 0 Å². The van der Waals surface area contributed by atoms with Crippen molar-refractivity contribution in [2.45, 2.75) is 18.6 Å². The minimum Gasteiger partial charge on any atom is -0.345 e. The van der Waals surface area contributed by atoms with Crippen molar-refractivity contribution < 1.29 is 9.18 Å². The topological polar surface area (TPSA) is 59.8 Å². The summed E-state index contributed by atoms with van der Waals surface area (Å²) in [5.41, 5.74) is 2.69. The van der Waals surface area contributed by atoms with Crippen molar-refractivity contribution in [3.63, 3.8) is 0 Å². The summed E-state index contributed by atoms with van der Waals surface area (Å²) < 4.78 is 15.1. The normalized spacial score (nSPS) is 11.1. The van der Waals surface area contributed by atoms with Crippen molar-refractivity contribution in [3.05, 3.63) is 77.4 Å². The maximum atomic E-state index is 13.2. The predicted molar refractivity (Wildman–Crippen MR) is 105 cm³/mol. The standard InChI is InChI=1S/C20H19FN4OS/c1-14-6-3-4-9-17(14)25-18(23-24-20(25)27-2)13-22-19(26)11-10-15-7-5-8-16(21)12-15/h3-12H,13H2,1-2H3,(H,22,26). The molecule has 0 saturated heterocycles. The van der Waals surface area contributed by atoms with Crippen LogP contribution in [-0.2, 0) is 11.3 Å². The van der Waals surface area contributed by atoms with Crippen LogP contribution in [0.25, 0.3) is 11.8 Å². The molecule has 0 aliphatic heterocycles. The summed E-state index contributed by atoms with van der Waals surface area (Å²) in [5.74, 6) is 0.0129. The summed E-state index contributed by atoms with van der Waals surface area (Å²) >= 11 is 1.49. The van der Waals surface area contributed by atoms with Gasteiger partial charge in [0, 0.05) is 6.08 Å². The van der Waals surface area contributed by atoms with Crippen LogP contribution in [0.2, 0.25) is 0 Å². The van der Waals surface area contributed by atoms with Gasteiger partial charge >= 0.3 is 0 Å². The molecule has 3 rings (SSSR count). The lowest BCUT2D eigenvalue weighted by Gasteiger charge is -2.12. The molecule has 5 nitrogen and oxygen atoms in total. The molecular weight excluding hydrogens is 363 g/mol. The lowest BCUT2D eigenvalue weighted by molar-refractivity contribution is -0.116. The Morgan fingerprint density at radius 3 is 2.78 bits per heavy atom. The van der Waals surface area contributed by atoms with Crippen molar-refractivity contribution in [1.82, 2.24) is 20.1 Å². The predicted octanol–water partition coefficient (Wildman–Crippen LogP) is 3.77. The van der Waals surface area contributed by atoms with E-state index in [1.807, 2.05) is 42.0 Å². The smallest absolute Gasteiger partial charge is 0.244 e. The number of rotatable bonds is 6. The first kappa shape index (κ1) is 18.8. The molecular formula is C20H19FN4OS. The maximum absolute atomic E-state index is 13.2. The number of nitrogens with one attached hydrogen (secondary N) is 1. The fourth-order valence-electron chi connectivity index (χ4n) is 2.61.